The number of hydrogen-bond donors (Lipinski definition) is 1. The maximum atomic E-state index is 12.5. The second kappa shape index (κ2) is 7.48. The molecular weight excluding hydrogens is 344 g/mol. The molecular formula is C18H20N8O. The predicted octanol–water partition coefficient (Wildman–Crippen LogP) is 1.62. The highest BCUT2D eigenvalue weighted by Crippen LogP contribution is 2.23. The van der Waals surface area contributed by atoms with Crippen LogP contribution in [0.2, 0.25) is 0 Å². The molecule has 0 aromatic carbocycles. The van der Waals surface area contributed by atoms with Crippen molar-refractivity contribution in [3.8, 4) is 5.82 Å². The van der Waals surface area contributed by atoms with Crippen molar-refractivity contribution in [2.45, 2.75) is 19.8 Å². The molecule has 1 fully saturated rings. The molecule has 0 bridgehead atoms. The average Bonchev–Trinajstić information content (AvgIpc) is 3.23. The Morgan fingerprint density at radius 2 is 1.89 bits per heavy atom. The van der Waals surface area contributed by atoms with Gasteiger partial charge in [-0.15, -0.1) is 10.2 Å². The Labute approximate surface area is 156 Å². The summed E-state index contributed by atoms with van der Waals surface area (Å²) in [6, 6.07) is 9.39. The first-order valence-electron chi connectivity index (χ1n) is 8.87. The Hall–Kier alpha value is -3.36. The molecule has 1 aliphatic rings. The third-order valence-corrected chi connectivity index (χ3v) is 4.62. The number of pyridine rings is 1. The second-order valence-corrected chi connectivity index (χ2v) is 6.50. The quantitative estimate of drug-likeness (QED) is 0.750. The lowest BCUT2D eigenvalue weighted by Gasteiger charge is -2.31. The van der Waals surface area contributed by atoms with Gasteiger partial charge in [-0.25, -0.2) is 14.6 Å². The highest BCUT2D eigenvalue weighted by Gasteiger charge is 2.26. The maximum Gasteiger partial charge on any atom is 0.228 e. The summed E-state index contributed by atoms with van der Waals surface area (Å²) >= 11 is 0. The normalized spacial score (nSPS) is 14.9. The van der Waals surface area contributed by atoms with Crippen LogP contribution < -0.4 is 10.2 Å². The zero-order chi connectivity index (χ0) is 18.6. The van der Waals surface area contributed by atoms with Crippen LogP contribution in [0.5, 0.6) is 0 Å². The molecule has 1 aliphatic heterocycles. The molecule has 3 aromatic rings. The predicted molar refractivity (Wildman–Crippen MR) is 99.5 cm³/mol. The van der Waals surface area contributed by atoms with Crippen molar-refractivity contribution in [3.05, 3.63) is 48.7 Å². The largest absolute Gasteiger partial charge is 0.355 e. The van der Waals surface area contributed by atoms with Gasteiger partial charge in [0.05, 0.1) is 0 Å². The van der Waals surface area contributed by atoms with E-state index in [4.69, 9.17) is 0 Å². The smallest absolute Gasteiger partial charge is 0.228 e. The first-order chi connectivity index (χ1) is 13.2. The van der Waals surface area contributed by atoms with Crippen LogP contribution in [-0.4, -0.2) is 48.9 Å². The molecule has 0 saturated carbocycles. The fourth-order valence-corrected chi connectivity index (χ4v) is 3.15. The van der Waals surface area contributed by atoms with E-state index in [-0.39, 0.29) is 11.8 Å². The topological polar surface area (TPSA) is 102 Å². The highest BCUT2D eigenvalue weighted by atomic mass is 16.1. The summed E-state index contributed by atoms with van der Waals surface area (Å²) in [6.45, 7) is 3.43. The zero-order valence-electron chi connectivity index (χ0n) is 15.0. The van der Waals surface area contributed by atoms with Crippen molar-refractivity contribution in [1.29, 1.82) is 0 Å². The lowest BCUT2D eigenvalue weighted by Crippen LogP contribution is -2.38. The van der Waals surface area contributed by atoms with Gasteiger partial charge in [-0.2, -0.15) is 5.10 Å². The van der Waals surface area contributed by atoms with E-state index >= 15 is 0 Å². The van der Waals surface area contributed by atoms with Crippen LogP contribution in [0.4, 0.5) is 11.6 Å². The van der Waals surface area contributed by atoms with Crippen LogP contribution in [0.15, 0.2) is 43.0 Å². The Morgan fingerprint density at radius 1 is 1.11 bits per heavy atom. The number of nitrogens with zero attached hydrogens (tertiary/aromatic N) is 7. The number of amides is 1. The Kier molecular flexibility index (Phi) is 4.73. The third-order valence-electron chi connectivity index (χ3n) is 4.62. The number of carbonyl (C=O) groups excluding carboxylic acids is 1. The number of nitrogens with one attached hydrogen (secondary N) is 1. The van der Waals surface area contributed by atoms with E-state index in [1.54, 1.807) is 11.0 Å². The van der Waals surface area contributed by atoms with Gasteiger partial charge in [-0.05, 0) is 44.0 Å². The lowest BCUT2D eigenvalue weighted by molar-refractivity contribution is -0.120. The van der Waals surface area contributed by atoms with Gasteiger partial charge >= 0.3 is 0 Å². The first kappa shape index (κ1) is 17.1. The number of rotatable bonds is 4. The number of hydrogen-bond acceptors (Lipinski definition) is 7. The minimum atomic E-state index is -0.0223. The summed E-state index contributed by atoms with van der Waals surface area (Å²) in [6.07, 6.45) is 4.57. The molecule has 3 aromatic heterocycles. The van der Waals surface area contributed by atoms with Crippen molar-refractivity contribution < 1.29 is 4.79 Å². The van der Waals surface area contributed by atoms with E-state index in [0.717, 1.165) is 37.4 Å². The van der Waals surface area contributed by atoms with Crippen LogP contribution in [0.1, 0.15) is 18.5 Å². The van der Waals surface area contributed by atoms with E-state index in [0.29, 0.717) is 11.6 Å². The van der Waals surface area contributed by atoms with Crippen LogP contribution >= 0.6 is 0 Å². The number of aromatic nitrogens is 6. The molecule has 138 valence electrons. The van der Waals surface area contributed by atoms with E-state index < -0.39 is 0 Å². The summed E-state index contributed by atoms with van der Waals surface area (Å²) in [5.74, 6) is 2.04. The lowest BCUT2D eigenvalue weighted by atomic mass is 9.96. The summed E-state index contributed by atoms with van der Waals surface area (Å²) in [5.41, 5.74) is 0.885. The summed E-state index contributed by atoms with van der Waals surface area (Å²) in [5, 5.41) is 15.4. The molecule has 4 rings (SSSR count). The van der Waals surface area contributed by atoms with Gasteiger partial charge in [0.15, 0.2) is 11.6 Å². The molecule has 4 heterocycles. The van der Waals surface area contributed by atoms with Crippen LogP contribution in [-0.2, 0) is 4.79 Å². The van der Waals surface area contributed by atoms with E-state index in [1.807, 2.05) is 37.3 Å². The molecule has 9 nitrogen and oxygen atoms in total. The monoisotopic (exact) mass is 364 g/mol. The average molecular weight is 364 g/mol. The summed E-state index contributed by atoms with van der Waals surface area (Å²) < 4.78 is 1.56. The molecule has 9 heteroatoms. The third kappa shape index (κ3) is 3.91. The van der Waals surface area contributed by atoms with Crippen LogP contribution in [0.3, 0.4) is 0 Å². The number of carbonyl (C=O) groups is 1. The highest BCUT2D eigenvalue weighted by molar-refractivity contribution is 5.91. The Morgan fingerprint density at radius 3 is 2.56 bits per heavy atom. The molecule has 0 aliphatic carbocycles. The molecule has 0 spiro atoms. The molecule has 0 atom stereocenters. The molecule has 27 heavy (non-hydrogen) atoms. The maximum absolute atomic E-state index is 12.5. The fourth-order valence-electron chi connectivity index (χ4n) is 3.15. The summed E-state index contributed by atoms with van der Waals surface area (Å²) in [7, 11) is 0. The second-order valence-electron chi connectivity index (χ2n) is 6.50. The van der Waals surface area contributed by atoms with E-state index in [2.05, 4.69) is 35.5 Å². The number of piperidine rings is 1. The zero-order valence-corrected chi connectivity index (χ0v) is 15.0. The van der Waals surface area contributed by atoms with Gasteiger partial charge in [-0.3, -0.25) is 4.79 Å². The molecule has 1 saturated heterocycles. The Bertz CT molecular complexity index is 901. The van der Waals surface area contributed by atoms with Crippen molar-refractivity contribution in [3.63, 3.8) is 0 Å². The fraction of sp³-hybridized carbons (Fsp3) is 0.333. The van der Waals surface area contributed by atoms with Crippen molar-refractivity contribution in [2.75, 3.05) is 23.3 Å². The van der Waals surface area contributed by atoms with E-state index in [9.17, 15) is 4.79 Å². The number of anilines is 2. The molecule has 0 unspecified atom stereocenters. The number of aryl methyl sites for hydroxylation is 1. The molecule has 1 amide bonds. The van der Waals surface area contributed by atoms with Gasteiger partial charge in [-0.1, -0.05) is 6.07 Å². The van der Waals surface area contributed by atoms with Crippen LogP contribution in [0.25, 0.3) is 5.82 Å². The SMILES string of the molecule is Cc1cccc(NC(=O)C2CCN(c3ccc(-n4cncn4)nn3)CC2)n1. The molecule has 0 radical (unpaired) electrons. The summed E-state index contributed by atoms with van der Waals surface area (Å²) in [4.78, 5) is 22.9. The van der Waals surface area contributed by atoms with E-state index in [1.165, 1.54) is 6.33 Å². The molecule has 1 N–H and O–H groups in total. The van der Waals surface area contributed by atoms with Gasteiger partial charge in [0.1, 0.15) is 18.5 Å². The van der Waals surface area contributed by atoms with Gasteiger partial charge < -0.3 is 10.2 Å². The van der Waals surface area contributed by atoms with Crippen LogP contribution in [0, 0.1) is 12.8 Å². The van der Waals surface area contributed by atoms with Crippen molar-refractivity contribution in [2.24, 2.45) is 5.92 Å². The Balaban J connectivity index is 1.34. The minimum Gasteiger partial charge on any atom is -0.355 e. The first-order valence-corrected chi connectivity index (χ1v) is 8.87. The van der Waals surface area contributed by atoms with Crippen molar-refractivity contribution >= 4 is 17.5 Å². The van der Waals surface area contributed by atoms with Gasteiger partial charge in [0.2, 0.25) is 5.91 Å². The van der Waals surface area contributed by atoms with Gasteiger partial charge in [0, 0.05) is 24.7 Å². The standard InChI is InChI=1S/C18H20N8O/c1-13-3-2-4-15(21-13)22-18(27)14-7-9-25(10-8-14)16-5-6-17(24-23-16)26-12-19-11-20-26/h2-6,11-12,14H,7-10H2,1H3,(H,21,22,27). The minimum absolute atomic E-state index is 0.0223. The van der Waals surface area contributed by atoms with Gasteiger partial charge in [0.25, 0.3) is 0 Å². The van der Waals surface area contributed by atoms with Crippen molar-refractivity contribution in [1.82, 2.24) is 29.9 Å².